The van der Waals surface area contributed by atoms with Crippen molar-refractivity contribution in [2.75, 3.05) is 18.5 Å². The van der Waals surface area contributed by atoms with E-state index >= 15 is 0 Å². The summed E-state index contributed by atoms with van der Waals surface area (Å²) >= 11 is 7.47. The van der Waals surface area contributed by atoms with Gasteiger partial charge in [0.1, 0.15) is 28.8 Å². The summed E-state index contributed by atoms with van der Waals surface area (Å²) in [5, 5.41) is 15.8. The maximum absolute atomic E-state index is 12.4. The number of furan rings is 1. The van der Waals surface area contributed by atoms with Gasteiger partial charge in [0.25, 0.3) is 11.8 Å². The first kappa shape index (κ1) is 21.4. The van der Waals surface area contributed by atoms with Gasteiger partial charge in [-0.2, -0.15) is 5.26 Å². The van der Waals surface area contributed by atoms with Crippen LogP contribution in [0.5, 0.6) is 0 Å². The molecule has 2 amide bonds. The number of halogens is 1. The quantitative estimate of drug-likeness (QED) is 0.412. The zero-order valence-electron chi connectivity index (χ0n) is 16.3. The Morgan fingerprint density at radius 3 is 2.56 bits per heavy atom. The summed E-state index contributed by atoms with van der Waals surface area (Å²) in [6.45, 7) is -1.03. The molecule has 8 nitrogen and oxygen atoms in total. The minimum Gasteiger partial charge on any atom is -0.454 e. The highest BCUT2D eigenvalue weighted by Gasteiger charge is 2.19. The van der Waals surface area contributed by atoms with Crippen LogP contribution in [0.1, 0.15) is 15.4 Å². The van der Waals surface area contributed by atoms with Crippen LogP contribution < -0.4 is 10.6 Å². The third kappa shape index (κ3) is 4.27. The van der Waals surface area contributed by atoms with E-state index in [1.807, 2.05) is 24.3 Å². The molecule has 0 bridgehead atoms. The Bertz CT molecular complexity index is 1400. The molecule has 0 atom stereocenters. The lowest BCUT2D eigenvalue weighted by Crippen LogP contribution is -2.32. The van der Waals surface area contributed by atoms with Crippen LogP contribution >= 0.6 is 22.9 Å². The van der Waals surface area contributed by atoms with E-state index in [1.54, 1.807) is 30.3 Å². The predicted molar refractivity (Wildman–Crippen MR) is 120 cm³/mol. The highest BCUT2D eigenvalue weighted by atomic mass is 35.5. The van der Waals surface area contributed by atoms with E-state index in [0.717, 1.165) is 10.1 Å². The SMILES string of the molecule is N#Cc1oc2ccccc2c1NC(=O)COC(=O)CNC(=O)c1sc2ccccc2c1Cl. The van der Waals surface area contributed by atoms with E-state index in [1.165, 1.54) is 11.3 Å². The van der Waals surface area contributed by atoms with Gasteiger partial charge in [0.05, 0.1) is 5.02 Å². The summed E-state index contributed by atoms with van der Waals surface area (Å²) < 4.78 is 11.1. The fourth-order valence-corrected chi connectivity index (χ4v) is 4.45. The molecule has 10 heteroatoms. The Hall–Kier alpha value is -3.87. The van der Waals surface area contributed by atoms with E-state index in [0.29, 0.717) is 16.0 Å². The molecule has 0 saturated carbocycles. The van der Waals surface area contributed by atoms with Gasteiger partial charge in [-0.3, -0.25) is 14.4 Å². The number of rotatable bonds is 6. The van der Waals surface area contributed by atoms with Gasteiger partial charge < -0.3 is 19.8 Å². The number of hydrogen-bond acceptors (Lipinski definition) is 7. The highest BCUT2D eigenvalue weighted by Crippen LogP contribution is 2.35. The van der Waals surface area contributed by atoms with E-state index in [2.05, 4.69) is 10.6 Å². The Kier molecular flexibility index (Phi) is 6.07. The number of nitriles is 1. The van der Waals surface area contributed by atoms with E-state index in [-0.39, 0.29) is 16.3 Å². The Labute approximate surface area is 190 Å². The molecule has 0 unspecified atom stereocenters. The molecule has 2 aromatic heterocycles. The van der Waals surface area contributed by atoms with Crippen LogP contribution in [-0.2, 0) is 14.3 Å². The number of fused-ring (bicyclic) bond motifs is 2. The molecule has 0 radical (unpaired) electrons. The monoisotopic (exact) mass is 467 g/mol. The first-order chi connectivity index (χ1) is 15.5. The zero-order valence-corrected chi connectivity index (χ0v) is 17.9. The Morgan fingerprint density at radius 2 is 1.81 bits per heavy atom. The topological polar surface area (TPSA) is 121 Å². The van der Waals surface area contributed by atoms with Gasteiger partial charge in [-0.1, -0.05) is 41.9 Å². The molecular formula is C22H14ClN3O5S. The molecule has 0 aliphatic carbocycles. The average molecular weight is 468 g/mol. The number of carbonyl (C=O) groups is 3. The normalized spacial score (nSPS) is 10.6. The first-order valence-corrected chi connectivity index (χ1v) is 10.5. The number of carbonyl (C=O) groups excluding carboxylic acids is 3. The fourth-order valence-electron chi connectivity index (χ4n) is 3.01. The van der Waals surface area contributed by atoms with Crippen LogP contribution in [0, 0.1) is 11.3 Å². The summed E-state index contributed by atoms with van der Waals surface area (Å²) in [6, 6.07) is 16.0. The van der Waals surface area contributed by atoms with Crippen LogP contribution in [0.3, 0.4) is 0 Å². The highest BCUT2D eigenvalue weighted by molar-refractivity contribution is 7.21. The molecule has 2 heterocycles. The molecule has 160 valence electrons. The van der Waals surface area contributed by atoms with E-state index in [9.17, 15) is 19.6 Å². The molecular weight excluding hydrogens is 454 g/mol. The van der Waals surface area contributed by atoms with E-state index < -0.39 is 30.9 Å². The smallest absolute Gasteiger partial charge is 0.325 e. The number of nitrogens with zero attached hydrogens (tertiary/aromatic N) is 1. The lowest BCUT2D eigenvalue weighted by Gasteiger charge is -2.07. The van der Waals surface area contributed by atoms with Crippen molar-refractivity contribution >= 4 is 67.5 Å². The van der Waals surface area contributed by atoms with Gasteiger partial charge in [-0.05, 0) is 18.2 Å². The maximum Gasteiger partial charge on any atom is 0.325 e. The van der Waals surface area contributed by atoms with Crippen molar-refractivity contribution in [3.63, 3.8) is 0 Å². The largest absolute Gasteiger partial charge is 0.454 e. The van der Waals surface area contributed by atoms with Gasteiger partial charge >= 0.3 is 5.97 Å². The van der Waals surface area contributed by atoms with Crippen molar-refractivity contribution < 1.29 is 23.5 Å². The summed E-state index contributed by atoms with van der Waals surface area (Å²) in [7, 11) is 0. The number of amides is 2. The molecule has 0 fully saturated rings. The van der Waals surface area contributed by atoms with Crippen molar-refractivity contribution in [3.8, 4) is 6.07 Å². The standard InChI is InChI=1S/C22H14ClN3O5S/c23-19-13-6-2-4-8-16(13)32-21(19)22(29)25-10-18(28)30-11-17(27)26-20-12-5-1-3-7-14(12)31-15(20)9-24/h1-8H,10-11H2,(H,25,29)(H,26,27). The second-order valence-electron chi connectivity index (χ2n) is 6.55. The lowest BCUT2D eigenvalue weighted by molar-refractivity contribution is -0.146. The van der Waals surface area contributed by atoms with Crippen molar-refractivity contribution in [2.24, 2.45) is 0 Å². The van der Waals surface area contributed by atoms with Crippen LogP contribution in [0.4, 0.5) is 5.69 Å². The predicted octanol–water partition coefficient (Wildman–Crippen LogP) is 4.08. The zero-order chi connectivity index (χ0) is 22.7. The number of benzene rings is 2. The number of hydrogen-bond donors (Lipinski definition) is 2. The number of para-hydroxylation sites is 1. The van der Waals surface area contributed by atoms with Crippen molar-refractivity contribution in [1.29, 1.82) is 5.26 Å². The van der Waals surface area contributed by atoms with Crippen molar-refractivity contribution in [2.45, 2.75) is 0 Å². The molecule has 4 rings (SSSR count). The van der Waals surface area contributed by atoms with Crippen LogP contribution in [0.25, 0.3) is 21.1 Å². The van der Waals surface area contributed by atoms with Gasteiger partial charge in [-0.15, -0.1) is 11.3 Å². The molecule has 32 heavy (non-hydrogen) atoms. The van der Waals surface area contributed by atoms with Crippen molar-refractivity contribution in [3.05, 3.63) is 64.2 Å². The number of thiophene rings is 1. The molecule has 0 saturated heterocycles. The van der Waals surface area contributed by atoms with Gasteiger partial charge in [0.15, 0.2) is 6.61 Å². The molecule has 4 aromatic rings. The number of ether oxygens (including phenoxy) is 1. The summed E-state index contributed by atoms with van der Waals surface area (Å²) in [4.78, 5) is 36.8. The summed E-state index contributed by atoms with van der Waals surface area (Å²) in [5.74, 6) is -2.02. The number of nitrogens with one attached hydrogen (secondary N) is 2. The van der Waals surface area contributed by atoms with Crippen LogP contribution in [0.2, 0.25) is 5.02 Å². The Balaban J connectivity index is 1.31. The minimum absolute atomic E-state index is 0.0571. The summed E-state index contributed by atoms with van der Waals surface area (Å²) in [5.41, 5.74) is 0.649. The van der Waals surface area contributed by atoms with Crippen LogP contribution in [0.15, 0.2) is 52.9 Å². The van der Waals surface area contributed by atoms with Crippen LogP contribution in [-0.4, -0.2) is 30.9 Å². The van der Waals surface area contributed by atoms with Gasteiger partial charge in [0, 0.05) is 15.5 Å². The molecule has 0 aliphatic heterocycles. The van der Waals surface area contributed by atoms with Gasteiger partial charge in [-0.25, -0.2) is 0 Å². The third-order valence-corrected chi connectivity index (χ3v) is 6.13. The maximum atomic E-state index is 12.4. The lowest BCUT2D eigenvalue weighted by atomic mass is 10.2. The molecule has 2 N–H and O–H groups in total. The number of esters is 1. The summed E-state index contributed by atoms with van der Waals surface area (Å²) in [6.07, 6.45) is 0. The van der Waals surface area contributed by atoms with Crippen molar-refractivity contribution in [1.82, 2.24) is 5.32 Å². The minimum atomic E-state index is -0.803. The first-order valence-electron chi connectivity index (χ1n) is 9.30. The Morgan fingerprint density at radius 1 is 1.09 bits per heavy atom. The van der Waals surface area contributed by atoms with E-state index in [4.69, 9.17) is 20.8 Å². The molecule has 2 aromatic carbocycles. The van der Waals surface area contributed by atoms with Gasteiger partial charge in [0.2, 0.25) is 5.76 Å². The fraction of sp³-hybridized carbons (Fsp3) is 0.0909. The molecule has 0 aliphatic rings. The third-order valence-electron chi connectivity index (χ3n) is 4.46. The number of anilines is 1. The second-order valence-corrected chi connectivity index (χ2v) is 7.98. The second kappa shape index (κ2) is 9.09. The average Bonchev–Trinajstić information content (AvgIpc) is 3.34. The molecule has 0 spiro atoms.